The van der Waals surface area contributed by atoms with Crippen LogP contribution in [0.15, 0.2) is 41.9 Å². The number of hydrogen-bond donors (Lipinski definition) is 0. The zero-order valence-electron chi connectivity index (χ0n) is 13.2. The van der Waals surface area contributed by atoms with Crippen molar-refractivity contribution in [3.8, 4) is 11.5 Å². The average molecular weight is 323 g/mol. The van der Waals surface area contributed by atoms with E-state index < -0.39 is 0 Å². The first-order chi connectivity index (χ1) is 11.9. The van der Waals surface area contributed by atoms with Crippen molar-refractivity contribution < 1.29 is 18.9 Å². The van der Waals surface area contributed by atoms with Gasteiger partial charge in [0, 0.05) is 36.2 Å². The molecule has 1 aliphatic carbocycles. The molecule has 5 aliphatic rings. The van der Waals surface area contributed by atoms with E-state index >= 15 is 0 Å². The number of allylic oxidation sites excluding steroid dienone is 3. The van der Waals surface area contributed by atoms with Crippen molar-refractivity contribution in [2.75, 3.05) is 26.7 Å². The third-order valence-electron chi connectivity index (χ3n) is 5.58. The maximum atomic E-state index is 5.75. The second-order valence-corrected chi connectivity index (χ2v) is 6.79. The van der Waals surface area contributed by atoms with E-state index in [9.17, 15) is 0 Å². The number of ether oxygens (including phenoxy) is 4. The van der Waals surface area contributed by atoms with Gasteiger partial charge in [-0.2, -0.15) is 0 Å². The molecule has 0 saturated heterocycles. The molecule has 0 amide bonds. The quantitative estimate of drug-likeness (QED) is 0.734. The number of benzene rings is 1. The van der Waals surface area contributed by atoms with Gasteiger partial charge in [-0.25, -0.2) is 0 Å². The summed E-state index contributed by atoms with van der Waals surface area (Å²) in [6.45, 7) is 2.66. The zero-order chi connectivity index (χ0) is 15.7. The Kier molecular flexibility index (Phi) is 2.40. The van der Waals surface area contributed by atoms with Crippen LogP contribution in [0.5, 0.6) is 11.5 Å². The Labute approximate surface area is 139 Å². The SMILES string of the molecule is C1=CC2C=C3c4cc5c(cc4CCN3CC2C2=C1OCO2)OCO5. The molecule has 4 heterocycles. The molecule has 4 aliphatic heterocycles. The Morgan fingerprint density at radius 2 is 1.88 bits per heavy atom. The molecule has 24 heavy (non-hydrogen) atoms. The minimum Gasteiger partial charge on any atom is -0.458 e. The smallest absolute Gasteiger partial charge is 0.231 e. The van der Waals surface area contributed by atoms with Crippen LogP contribution in [-0.2, 0) is 15.9 Å². The van der Waals surface area contributed by atoms with Gasteiger partial charge in [0.25, 0.3) is 0 Å². The average Bonchev–Trinajstić information content (AvgIpc) is 3.26. The van der Waals surface area contributed by atoms with Crippen molar-refractivity contribution >= 4 is 5.70 Å². The molecule has 0 fully saturated rings. The fourth-order valence-corrected chi connectivity index (χ4v) is 4.38. The van der Waals surface area contributed by atoms with Crippen LogP contribution in [0.4, 0.5) is 0 Å². The van der Waals surface area contributed by atoms with Gasteiger partial charge in [-0.05, 0) is 30.2 Å². The fraction of sp³-hybridized carbons (Fsp3) is 0.368. The molecule has 0 aromatic heterocycles. The van der Waals surface area contributed by atoms with Crippen molar-refractivity contribution in [2.45, 2.75) is 6.42 Å². The zero-order valence-corrected chi connectivity index (χ0v) is 13.2. The molecular weight excluding hydrogens is 306 g/mol. The van der Waals surface area contributed by atoms with E-state index in [-0.39, 0.29) is 0 Å². The van der Waals surface area contributed by atoms with Gasteiger partial charge in [-0.15, -0.1) is 0 Å². The molecule has 0 saturated carbocycles. The third kappa shape index (κ3) is 1.64. The molecule has 5 nitrogen and oxygen atoms in total. The largest absolute Gasteiger partial charge is 0.458 e. The summed E-state index contributed by atoms with van der Waals surface area (Å²) in [6, 6.07) is 4.29. The number of hydrogen-bond acceptors (Lipinski definition) is 5. The maximum Gasteiger partial charge on any atom is 0.231 e. The van der Waals surface area contributed by atoms with E-state index in [1.54, 1.807) is 0 Å². The van der Waals surface area contributed by atoms with Gasteiger partial charge in [0.05, 0.1) is 0 Å². The molecule has 2 unspecified atom stereocenters. The molecule has 2 atom stereocenters. The minimum absolute atomic E-state index is 0.322. The van der Waals surface area contributed by atoms with Crippen molar-refractivity contribution in [1.29, 1.82) is 0 Å². The molecule has 0 radical (unpaired) electrons. The highest BCUT2D eigenvalue weighted by molar-refractivity contribution is 5.73. The van der Waals surface area contributed by atoms with Crippen molar-refractivity contribution in [3.63, 3.8) is 0 Å². The van der Waals surface area contributed by atoms with Gasteiger partial charge in [0.1, 0.15) is 5.76 Å². The summed E-state index contributed by atoms with van der Waals surface area (Å²) in [6.07, 6.45) is 7.69. The summed E-state index contributed by atoms with van der Waals surface area (Å²) < 4.78 is 22.4. The van der Waals surface area contributed by atoms with Gasteiger partial charge >= 0.3 is 0 Å². The topological polar surface area (TPSA) is 40.2 Å². The number of fused-ring (bicyclic) bond motifs is 6. The summed E-state index contributed by atoms with van der Waals surface area (Å²) in [5.41, 5.74) is 3.93. The van der Waals surface area contributed by atoms with Gasteiger partial charge in [-0.3, -0.25) is 0 Å². The van der Waals surface area contributed by atoms with Crippen molar-refractivity contribution in [1.82, 2.24) is 4.90 Å². The Balaban J connectivity index is 1.45. The lowest BCUT2D eigenvalue weighted by Gasteiger charge is -2.42. The van der Waals surface area contributed by atoms with Crippen LogP contribution in [0.2, 0.25) is 0 Å². The highest BCUT2D eigenvalue weighted by Gasteiger charge is 2.39. The predicted molar refractivity (Wildman–Crippen MR) is 86.0 cm³/mol. The van der Waals surface area contributed by atoms with Crippen molar-refractivity contribution in [2.24, 2.45) is 11.8 Å². The lowest BCUT2D eigenvalue weighted by atomic mass is 9.79. The predicted octanol–water partition coefficient (Wildman–Crippen LogP) is 2.65. The summed E-state index contributed by atoms with van der Waals surface area (Å²) in [5.74, 6) is 4.37. The van der Waals surface area contributed by atoms with Gasteiger partial charge in [-0.1, -0.05) is 12.2 Å². The van der Waals surface area contributed by atoms with E-state index in [1.165, 1.54) is 16.8 Å². The first kappa shape index (κ1) is 12.8. The highest BCUT2D eigenvalue weighted by atomic mass is 16.7. The molecule has 5 heteroatoms. The fourth-order valence-electron chi connectivity index (χ4n) is 4.38. The van der Waals surface area contributed by atoms with Crippen LogP contribution in [0.1, 0.15) is 11.1 Å². The minimum atomic E-state index is 0.322. The third-order valence-corrected chi connectivity index (χ3v) is 5.58. The summed E-state index contributed by atoms with van der Waals surface area (Å²) in [4.78, 5) is 2.47. The van der Waals surface area contributed by atoms with Crippen LogP contribution >= 0.6 is 0 Å². The normalized spacial score (nSPS) is 28.3. The lowest BCUT2D eigenvalue weighted by Crippen LogP contribution is -2.40. The first-order valence-electron chi connectivity index (χ1n) is 8.44. The molecule has 1 aromatic carbocycles. The number of nitrogens with zero attached hydrogens (tertiary/aromatic N) is 1. The Morgan fingerprint density at radius 3 is 2.83 bits per heavy atom. The number of rotatable bonds is 0. The lowest BCUT2D eigenvalue weighted by molar-refractivity contribution is 0.0618. The van der Waals surface area contributed by atoms with Gasteiger partial charge < -0.3 is 23.8 Å². The summed E-state index contributed by atoms with van der Waals surface area (Å²) in [7, 11) is 0. The van der Waals surface area contributed by atoms with Gasteiger partial charge in [0.15, 0.2) is 17.3 Å². The molecule has 1 aromatic rings. The molecule has 0 spiro atoms. The van der Waals surface area contributed by atoms with Crippen LogP contribution in [0, 0.1) is 11.8 Å². The molecule has 0 N–H and O–H groups in total. The second-order valence-electron chi connectivity index (χ2n) is 6.79. The van der Waals surface area contributed by atoms with E-state index in [4.69, 9.17) is 18.9 Å². The summed E-state index contributed by atoms with van der Waals surface area (Å²) in [5, 5.41) is 0. The Hall–Kier alpha value is -2.56. The molecule has 6 rings (SSSR count). The van der Waals surface area contributed by atoms with Crippen LogP contribution in [0.25, 0.3) is 5.70 Å². The second kappa shape index (κ2) is 4.50. The Morgan fingerprint density at radius 1 is 1.00 bits per heavy atom. The van der Waals surface area contributed by atoms with Crippen LogP contribution in [0.3, 0.4) is 0 Å². The maximum absolute atomic E-state index is 5.75. The van der Waals surface area contributed by atoms with E-state index in [0.717, 1.165) is 42.5 Å². The molecule has 122 valence electrons. The standard InChI is InChI=1S/C19H17NO4/c1-2-16-19(24-10-21-16)14-8-20-4-3-12-6-17-18(23-9-22-17)7-13(12)15(20)5-11(1)14/h1-2,5-7,11,14H,3-4,8-10H2. The monoisotopic (exact) mass is 323 g/mol. The van der Waals surface area contributed by atoms with E-state index in [2.05, 4.69) is 35.3 Å². The van der Waals surface area contributed by atoms with Crippen LogP contribution < -0.4 is 9.47 Å². The van der Waals surface area contributed by atoms with E-state index in [0.29, 0.717) is 25.4 Å². The summed E-state index contributed by atoms with van der Waals surface area (Å²) >= 11 is 0. The molecule has 0 bridgehead atoms. The highest BCUT2D eigenvalue weighted by Crippen LogP contribution is 2.46. The van der Waals surface area contributed by atoms with E-state index in [1.807, 2.05) is 0 Å². The van der Waals surface area contributed by atoms with Crippen LogP contribution in [-0.4, -0.2) is 31.6 Å². The van der Waals surface area contributed by atoms with Crippen molar-refractivity contribution in [3.05, 3.63) is 53.0 Å². The first-order valence-corrected chi connectivity index (χ1v) is 8.44. The molecular formula is C19H17NO4. The Bertz CT molecular complexity index is 838. The van der Waals surface area contributed by atoms with Gasteiger partial charge in [0.2, 0.25) is 13.6 Å².